The van der Waals surface area contributed by atoms with Gasteiger partial charge in [-0.25, -0.2) is 23.8 Å². The topological polar surface area (TPSA) is 135 Å². The van der Waals surface area contributed by atoms with Gasteiger partial charge in [-0.3, -0.25) is 0 Å². The Morgan fingerprint density at radius 2 is 2.13 bits per heavy atom. The number of aryl methyl sites for hydroxylation is 1. The number of hydrogen-bond acceptors (Lipinski definition) is 7. The average Bonchev–Trinajstić information content (AvgIpc) is 3.27. The normalized spacial score (nSPS) is 12.1. The van der Waals surface area contributed by atoms with Crippen LogP contribution in [0.25, 0.3) is 11.3 Å². The number of methoxy groups -OCH3 is 1. The van der Waals surface area contributed by atoms with Gasteiger partial charge in [-0.15, -0.1) is 0 Å². The minimum absolute atomic E-state index is 0.272. The Kier molecular flexibility index (Phi) is 4.94. The molecule has 0 aromatic carbocycles. The first-order chi connectivity index (χ1) is 14.4. The van der Waals surface area contributed by atoms with Crippen LogP contribution in [0.5, 0.6) is 0 Å². The van der Waals surface area contributed by atoms with Crippen molar-refractivity contribution in [2.24, 2.45) is 0 Å². The van der Waals surface area contributed by atoms with Crippen molar-refractivity contribution in [2.75, 3.05) is 17.7 Å². The van der Waals surface area contributed by atoms with Gasteiger partial charge in [0, 0.05) is 13.2 Å². The molecule has 0 aliphatic heterocycles. The largest absolute Gasteiger partial charge is 0.375 e. The summed E-state index contributed by atoms with van der Waals surface area (Å²) >= 11 is 5.99. The molecule has 2 N–H and O–H groups in total. The molecular formula is C18H16ClN9O2. The lowest BCUT2D eigenvalue weighted by molar-refractivity contribution is 0.114. The van der Waals surface area contributed by atoms with E-state index in [9.17, 15) is 10.1 Å². The molecule has 4 heterocycles. The highest BCUT2D eigenvalue weighted by molar-refractivity contribution is 6.29. The lowest BCUT2D eigenvalue weighted by atomic mass is 10.2. The molecule has 12 heteroatoms. The molecule has 0 spiro atoms. The third-order valence-electron chi connectivity index (χ3n) is 4.40. The number of halogens is 1. The van der Waals surface area contributed by atoms with Crippen molar-refractivity contribution >= 4 is 40.3 Å². The Hall–Kier alpha value is -3.75. The average molecular weight is 426 g/mol. The second-order valence-corrected chi connectivity index (χ2v) is 6.82. The maximum absolute atomic E-state index is 12.7. The van der Waals surface area contributed by atoms with Crippen molar-refractivity contribution < 1.29 is 9.53 Å². The molecule has 1 atom stereocenters. The highest BCUT2D eigenvalue weighted by Gasteiger charge is 2.19. The van der Waals surface area contributed by atoms with Gasteiger partial charge in [-0.2, -0.15) is 15.5 Å². The van der Waals surface area contributed by atoms with Gasteiger partial charge in [-0.05, 0) is 19.9 Å². The molecule has 0 bridgehead atoms. The summed E-state index contributed by atoms with van der Waals surface area (Å²) in [6.07, 6.45) is 2.67. The minimum Gasteiger partial charge on any atom is -0.375 e. The standard InChI is InChI=1S/C18H16ClN9O2/c1-9(30-3)16-13(7-21-15-5-14(19)26-28(15)16)24-18(29)23-12-4-11(6-20)17-22-10(2)25-27(17)8-12/h4-5,7-9H,1-3H3,(H2,23,24,29)/t9-/m0/s1. The number of fused-ring (bicyclic) bond motifs is 2. The fourth-order valence-corrected chi connectivity index (χ4v) is 3.22. The number of aromatic nitrogens is 6. The van der Waals surface area contributed by atoms with Crippen LogP contribution in [0.4, 0.5) is 16.2 Å². The molecule has 0 saturated heterocycles. The summed E-state index contributed by atoms with van der Waals surface area (Å²) in [5.41, 5.74) is 2.57. The molecule has 2 amide bonds. The number of nitriles is 1. The minimum atomic E-state index is -0.543. The Morgan fingerprint density at radius 3 is 2.87 bits per heavy atom. The van der Waals surface area contributed by atoms with E-state index in [2.05, 4.69) is 36.9 Å². The number of pyridine rings is 1. The van der Waals surface area contributed by atoms with Crippen LogP contribution in [0.15, 0.2) is 24.5 Å². The van der Waals surface area contributed by atoms with Crippen LogP contribution in [-0.4, -0.2) is 42.3 Å². The second kappa shape index (κ2) is 7.58. The number of carbonyl (C=O) groups excluding carboxylic acids is 1. The molecule has 11 nitrogen and oxygen atoms in total. The Balaban J connectivity index is 1.65. The summed E-state index contributed by atoms with van der Waals surface area (Å²) in [6.45, 7) is 3.53. The van der Waals surface area contributed by atoms with E-state index in [0.29, 0.717) is 34.2 Å². The van der Waals surface area contributed by atoms with Gasteiger partial charge in [0.1, 0.15) is 11.9 Å². The van der Waals surface area contributed by atoms with Crippen LogP contribution in [-0.2, 0) is 4.74 Å². The van der Waals surface area contributed by atoms with Crippen LogP contribution in [0.3, 0.4) is 0 Å². The molecule has 152 valence electrons. The van der Waals surface area contributed by atoms with Crippen molar-refractivity contribution in [1.29, 1.82) is 5.26 Å². The molecule has 0 aliphatic carbocycles. The van der Waals surface area contributed by atoms with Crippen LogP contribution in [0.2, 0.25) is 5.15 Å². The predicted octanol–water partition coefficient (Wildman–Crippen LogP) is 2.96. The van der Waals surface area contributed by atoms with Crippen molar-refractivity contribution in [2.45, 2.75) is 20.0 Å². The Morgan fingerprint density at radius 1 is 1.33 bits per heavy atom. The number of nitrogens with one attached hydrogen (secondary N) is 2. The molecule has 30 heavy (non-hydrogen) atoms. The summed E-state index contributed by atoms with van der Waals surface area (Å²) < 4.78 is 8.38. The maximum atomic E-state index is 12.7. The molecule has 4 aromatic heterocycles. The third kappa shape index (κ3) is 3.49. The summed E-state index contributed by atoms with van der Waals surface area (Å²) in [6, 6.07) is 4.64. The van der Waals surface area contributed by atoms with Gasteiger partial charge >= 0.3 is 6.03 Å². The number of hydrogen-bond donors (Lipinski definition) is 2. The zero-order chi connectivity index (χ0) is 21.4. The monoisotopic (exact) mass is 425 g/mol. The fourth-order valence-electron chi connectivity index (χ4n) is 3.05. The van der Waals surface area contributed by atoms with Crippen molar-refractivity contribution in [3.63, 3.8) is 0 Å². The first kappa shape index (κ1) is 19.6. The van der Waals surface area contributed by atoms with Crippen molar-refractivity contribution in [3.05, 3.63) is 46.8 Å². The van der Waals surface area contributed by atoms with Gasteiger partial charge in [0.15, 0.2) is 16.4 Å². The first-order valence-corrected chi connectivity index (χ1v) is 9.19. The van der Waals surface area contributed by atoms with Crippen LogP contribution >= 0.6 is 11.6 Å². The molecular weight excluding hydrogens is 410 g/mol. The Labute approximate surface area is 175 Å². The molecule has 0 radical (unpaired) electrons. The number of carbonyl (C=O) groups is 1. The summed E-state index contributed by atoms with van der Waals surface area (Å²) in [5.74, 6) is 0.517. The number of urea groups is 1. The number of anilines is 2. The second-order valence-electron chi connectivity index (χ2n) is 6.43. The van der Waals surface area contributed by atoms with Crippen molar-refractivity contribution in [1.82, 2.24) is 29.2 Å². The highest BCUT2D eigenvalue weighted by atomic mass is 35.5. The van der Waals surface area contributed by atoms with Gasteiger partial charge in [0.05, 0.1) is 41.1 Å². The van der Waals surface area contributed by atoms with Crippen LogP contribution in [0.1, 0.15) is 30.1 Å². The van der Waals surface area contributed by atoms with Crippen LogP contribution in [0, 0.1) is 18.3 Å². The zero-order valence-corrected chi connectivity index (χ0v) is 17.0. The van der Waals surface area contributed by atoms with Gasteiger partial charge in [0.25, 0.3) is 0 Å². The first-order valence-electron chi connectivity index (χ1n) is 8.81. The quantitative estimate of drug-likeness (QED) is 0.513. The lowest BCUT2D eigenvalue weighted by Crippen LogP contribution is -2.22. The fraction of sp³-hybridized carbons (Fsp3) is 0.222. The van der Waals surface area contributed by atoms with E-state index in [4.69, 9.17) is 16.3 Å². The van der Waals surface area contributed by atoms with Gasteiger partial charge in [-0.1, -0.05) is 11.6 Å². The number of ether oxygens (including phenoxy) is 1. The van der Waals surface area contributed by atoms with E-state index in [0.717, 1.165) is 0 Å². The molecule has 0 fully saturated rings. The van der Waals surface area contributed by atoms with E-state index in [-0.39, 0.29) is 10.7 Å². The highest BCUT2D eigenvalue weighted by Crippen LogP contribution is 2.26. The number of nitrogens with zero attached hydrogens (tertiary/aromatic N) is 7. The third-order valence-corrected chi connectivity index (χ3v) is 4.58. The van der Waals surface area contributed by atoms with Crippen LogP contribution < -0.4 is 10.6 Å². The number of amides is 2. The van der Waals surface area contributed by atoms with E-state index < -0.39 is 12.1 Å². The van der Waals surface area contributed by atoms with Gasteiger partial charge < -0.3 is 15.4 Å². The lowest BCUT2D eigenvalue weighted by Gasteiger charge is -2.17. The maximum Gasteiger partial charge on any atom is 0.323 e. The van der Waals surface area contributed by atoms with Crippen molar-refractivity contribution in [3.8, 4) is 6.07 Å². The molecule has 0 saturated carbocycles. The predicted molar refractivity (Wildman–Crippen MR) is 109 cm³/mol. The molecule has 4 rings (SSSR count). The smallest absolute Gasteiger partial charge is 0.323 e. The summed E-state index contributed by atoms with van der Waals surface area (Å²) in [7, 11) is 1.55. The SMILES string of the molecule is CO[C@@H](C)c1c(NC(=O)Nc2cc(C#N)c3nc(C)nn3c2)cnc2cc(Cl)nn12. The molecule has 0 unspecified atom stereocenters. The van der Waals surface area contributed by atoms with Gasteiger partial charge in [0.2, 0.25) is 0 Å². The molecule has 0 aliphatic rings. The summed E-state index contributed by atoms with van der Waals surface area (Å²) in [5, 5.41) is 23.5. The van der Waals surface area contributed by atoms with E-state index in [1.54, 1.807) is 26.3 Å². The number of rotatable bonds is 4. The molecule has 4 aromatic rings. The Bertz CT molecular complexity index is 1320. The van der Waals surface area contributed by atoms with E-state index >= 15 is 0 Å². The van der Waals surface area contributed by atoms with E-state index in [1.807, 2.05) is 6.92 Å². The summed E-state index contributed by atoms with van der Waals surface area (Å²) in [4.78, 5) is 21.1. The zero-order valence-electron chi connectivity index (χ0n) is 16.2. The van der Waals surface area contributed by atoms with E-state index in [1.165, 1.54) is 21.3 Å².